The molecule has 0 fully saturated rings. The molecule has 678 valence electrons. The molecule has 10 aromatic rings. The number of Topliss-reactive ketones (excluding diaryl/α,β-unsaturated/α-hetero) is 8. The summed E-state index contributed by atoms with van der Waals surface area (Å²) in [5.41, 5.74) is 15.1. The number of rotatable bonds is 32. The largest absolute Gasteiger partial charge is 0.311 e. The van der Waals surface area contributed by atoms with Gasteiger partial charge in [-0.05, 0) is 290 Å². The van der Waals surface area contributed by atoms with Crippen molar-refractivity contribution in [3.8, 4) is 0 Å². The van der Waals surface area contributed by atoms with Gasteiger partial charge >= 0.3 is 0 Å². The fraction of sp³-hybridized carbons (Fsp3) is 0.376. The first-order valence-electron chi connectivity index (χ1n) is 43.5. The van der Waals surface area contributed by atoms with E-state index in [-0.39, 0.29) is 106 Å². The van der Waals surface area contributed by atoms with E-state index in [0.717, 1.165) is 63.4 Å². The zero-order valence-electron chi connectivity index (χ0n) is 79.3. The lowest BCUT2D eigenvalue weighted by atomic mass is 9.86. The Labute approximate surface area is 754 Å². The van der Waals surface area contributed by atoms with Crippen molar-refractivity contribution in [1.82, 2.24) is 42.5 Å². The van der Waals surface area contributed by atoms with Crippen molar-refractivity contribution in [2.75, 3.05) is 56.4 Å². The van der Waals surface area contributed by atoms with Crippen molar-refractivity contribution in [2.24, 2.45) is 5.92 Å². The highest BCUT2D eigenvalue weighted by molar-refractivity contribution is 5.89. The standard InChI is InChI=1S/2C15H17NO.C15H23NO.C13H17NO.3C12H17NO.C11H14FNO.2C2H4/c1-11(17)15(16-2)10-13-8-5-7-12-6-3-4-9-14(12)13;1-11(17)15(16-2)10-12-7-8-13-5-3-4-6-14(13)9-12;1-11(17)14(16-5)10-12-6-8-13(9-7-12)15(2,3)4;1-9(15)13(14-2)12-7-10-5-3-4-6-11(10)8-12;2*1-9-5-4-6-11(7-9)8-12(13-3)10(2)14;1-10(14)12(13-2)9-8-11-6-4-3-5-7-11;1-8(14)11(13-2)7-9-3-5-10(12)6-4-9;2*1-2/h2*3-9,15-16H,10H2,1-2H3;6-9,14,16H,10H2,1-5H3;3-6,12-14H,7-8H2,1-2H3;2*4-7,12-13H,8H2,1-3H3;3-7,12-13H,8-9H2,1-2H3;3-6,11,13H,7H2,1-2H3;2*1-2H2/t2*15-;14-;13-;3*12-;11-;;/m00010000../s1. The Morgan fingerprint density at radius 3 is 1.03 bits per heavy atom. The molecule has 1 aliphatic rings. The van der Waals surface area contributed by atoms with Gasteiger partial charge in [-0.2, -0.15) is 0 Å². The topological polar surface area (TPSA) is 233 Å². The normalized spacial score (nSPS) is 12.9. The van der Waals surface area contributed by atoms with E-state index in [0.29, 0.717) is 12.3 Å². The number of nitrogens with one attached hydrogen (secondary N) is 8. The Kier molecular flexibility index (Phi) is 54.3. The second kappa shape index (κ2) is 61.5. The van der Waals surface area contributed by atoms with Crippen molar-refractivity contribution in [3.63, 3.8) is 0 Å². The van der Waals surface area contributed by atoms with E-state index >= 15 is 0 Å². The lowest BCUT2D eigenvalue weighted by molar-refractivity contribution is -0.120. The van der Waals surface area contributed by atoms with Crippen LogP contribution in [0.5, 0.6) is 0 Å². The van der Waals surface area contributed by atoms with Gasteiger partial charge in [0.15, 0.2) is 0 Å². The van der Waals surface area contributed by atoms with E-state index in [9.17, 15) is 42.7 Å². The first-order chi connectivity index (χ1) is 60.1. The number of carbonyl (C=O) groups is 8. The van der Waals surface area contributed by atoms with Gasteiger partial charge in [0, 0.05) is 0 Å². The van der Waals surface area contributed by atoms with Crippen LogP contribution in [0.3, 0.4) is 0 Å². The third-order valence-corrected chi connectivity index (χ3v) is 22.0. The van der Waals surface area contributed by atoms with Crippen molar-refractivity contribution in [3.05, 3.63) is 335 Å². The third kappa shape index (κ3) is 42.0. The first kappa shape index (κ1) is 111. The molecule has 0 aliphatic heterocycles. The van der Waals surface area contributed by atoms with E-state index in [4.69, 9.17) is 0 Å². The molecule has 1 aliphatic carbocycles. The summed E-state index contributed by atoms with van der Waals surface area (Å²) in [6.07, 6.45) is 8.28. The molecule has 8 N–H and O–H groups in total. The van der Waals surface area contributed by atoms with Gasteiger partial charge in [-0.15, -0.1) is 26.3 Å². The van der Waals surface area contributed by atoms with Gasteiger partial charge in [0.05, 0.1) is 48.3 Å². The van der Waals surface area contributed by atoms with Crippen LogP contribution < -0.4 is 42.5 Å². The highest BCUT2D eigenvalue weighted by atomic mass is 19.1. The number of likely N-dealkylation sites (N-methyl/N-ethyl adjacent to an activating group) is 8. The van der Waals surface area contributed by atoms with E-state index in [1.165, 1.54) is 94.9 Å². The maximum absolute atomic E-state index is 12.6. The number of hydrogen-bond acceptors (Lipinski definition) is 16. The van der Waals surface area contributed by atoms with Gasteiger partial charge in [0.25, 0.3) is 0 Å². The number of carbonyl (C=O) groups excluding carboxylic acids is 8. The molecule has 0 aromatic heterocycles. The van der Waals surface area contributed by atoms with Gasteiger partial charge in [-0.3, -0.25) is 38.4 Å². The zero-order valence-corrected chi connectivity index (χ0v) is 79.3. The van der Waals surface area contributed by atoms with Crippen LogP contribution in [-0.4, -0.2) is 151 Å². The van der Waals surface area contributed by atoms with Crippen molar-refractivity contribution >= 4 is 67.8 Å². The van der Waals surface area contributed by atoms with E-state index in [1.807, 2.05) is 110 Å². The molecule has 11 rings (SSSR count). The predicted molar refractivity (Wildman–Crippen MR) is 527 cm³/mol. The van der Waals surface area contributed by atoms with Gasteiger partial charge in [-0.25, -0.2) is 4.39 Å². The molecule has 0 saturated carbocycles. The van der Waals surface area contributed by atoms with Crippen molar-refractivity contribution in [1.29, 1.82) is 0 Å². The lowest BCUT2D eigenvalue weighted by Gasteiger charge is -2.19. The van der Waals surface area contributed by atoms with Crippen molar-refractivity contribution in [2.45, 2.75) is 208 Å². The summed E-state index contributed by atoms with van der Waals surface area (Å²) >= 11 is 0. The number of fused-ring (bicyclic) bond motifs is 3. The second-order valence-electron chi connectivity index (χ2n) is 32.6. The minimum Gasteiger partial charge on any atom is -0.311 e. The molecule has 8 atom stereocenters. The summed E-state index contributed by atoms with van der Waals surface area (Å²) < 4.78 is 12.6. The fourth-order valence-corrected chi connectivity index (χ4v) is 14.5. The summed E-state index contributed by atoms with van der Waals surface area (Å²) in [5.74, 6) is 1.66. The monoisotopic (exact) mass is 1720 g/mol. The minimum atomic E-state index is -0.252. The number of ketones is 8. The van der Waals surface area contributed by atoms with Crippen LogP contribution in [-0.2, 0) is 102 Å². The molecular weight excluding hydrogens is 1570 g/mol. The molecule has 0 bridgehead atoms. The Morgan fingerprint density at radius 2 is 0.651 bits per heavy atom. The van der Waals surface area contributed by atoms with Crippen LogP contribution in [0.15, 0.2) is 263 Å². The molecule has 0 saturated heterocycles. The van der Waals surface area contributed by atoms with Crippen LogP contribution in [0.1, 0.15) is 149 Å². The number of halogens is 1. The Hall–Kier alpha value is -10.8. The van der Waals surface area contributed by atoms with Gasteiger partial charge in [0.2, 0.25) is 0 Å². The second-order valence-corrected chi connectivity index (χ2v) is 32.6. The summed E-state index contributed by atoms with van der Waals surface area (Å²) in [7, 11) is 14.6. The highest BCUT2D eigenvalue weighted by Crippen LogP contribution is 2.30. The molecule has 16 nitrogen and oxygen atoms in total. The van der Waals surface area contributed by atoms with Crippen LogP contribution in [0.25, 0.3) is 21.5 Å². The van der Waals surface area contributed by atoms with Crippen LogP contribution in [0, 0.1) is 25.6 Å². The summed E-state index contributed by atoms with van der Waals surface area (Å²) in [6, 6.07) is 78.6. The smallest absolute Gasteiger partial charge is 0.147 e. The maximum Gasteiger partial charge on any atom is 0.147 e. The van der Waals surface area contributed by atoms with Gasteiger partial charge in [0.1, 0.15) is 52.1 Å². The van der Waals surface area contributed by atoms with Gasteiger partial charge < -0.3 is 42.5 Å². The Morgan fingerprint density at radius 1 is 0.325 bits per heavy atom. The molecule has 10 aromatic carbocycles. The summed E-state index contributed by atoms with van der Waals surface area (Å²) in [4.78, 5) is 90.3. The van der Waals surface area contributed by atoms with Crippen LogP contribution >= 0.6 is 0 Å². The number of aryl methyl sites for hydroxylation is 3. The van der Waals surface area contributed by atoms with Crippen molar-refractivity contribution < 1.29 is 42.7 Å². The van der Waals surface area contributed by atoms with E-state index in [2.05, 4.69) is 255 Å². The molecule has 0 spiro atoms. The molecule has 126 heavy (non-hydrogen) atoms. The van der Waals surface area contributed by atoms with E-state index in [1.54, 1.807) is 74.6 Å². The van der Waals surface area contributed by atoms with Crippen LogP contribution in [0.2, 0.25) is 0 Å². The lowest BCUT2D eigenvalue weighted by Crippen LogP contribution is -2.39. The average molecular weight is 1720 g/mol. The Bertz CT molecular complexity index is 4790. The molecule has 0 unspecified atom stereocenters. The molecular formula is C109H147FN8O8. The maximum atomic E-state index is 12.6. The number of benzene rings is 10. The summed E-state index contributed by atoms with van der Waals surface area (Å²) in [5, 5.41) is 29.2. The minimum absolute atomic E-state index is 0.00444. The zero-order chi connectivity index (χ0) is 94.4. The number of hydrogen-bond donors (Lipinski definition) is 8. The van der Waals surface area contributed by atoms with Gasteiger partial charge in [-0.1, -0.05) is 256 Å². The molecule has 0 amide bonds. The summed E-state index contributed by atoms with van der Waals surface area (Å²) in [6.45, 7) is 35.7. The van der Waals surface area contributed by atoms with E-state index < -0.39 is 0 Å². The SMILES string of the molecule is C=C.C=C.CN[C@@H](CCc1ccccc1)C(C)=O.CN[C@@H](Cc1ccc(C(C)(C)C)cc1)C(C)=O.CN[C@@H](Cc1ccc(F)cc1)C(C)=O.CN[C@@H](Cc1ccc2ccccc2c1)C(C)=O.CN[C@@H](Cc1cccc(C)c1)C(C)=O.CN[C@@H](Cc1cccc(C)c1)C(C)=O.CN[C@@H](Cc1cccc2ccccc12)C(C)=O.CN[C@H](C(C)=O)C1Cc2ccccc2C1. The predicted octanol–water partition coefficient (Wildman–Crippen LogP) is 17.8. The molecule has 0 radical (unpaired) electrons. The highest BCUT2D eigenvalue weighted by Gasteiger charge is 2.30. The fourth-order valence-electron chi connectivity index (χ4n) is 14.5. The third-order valence-electron chi connectivity index (χ3n) is 22.0. The first-order valence-corrected chi connectivity index (χ1v) is 43.5. The molecule has 0 heterocycles. The molecule has 17 heteroatoms. The van der Waals surface area contributed by atoms with Crippen LogP contribution in [0.4, 0.5) is 4.39 Å². The quantitative estimate of drug-likeness (QED) is 0.0183. The Balaban J connectivity index is 0.000000485. The average Bonchev–Trinajstić information content (AvgIpc) is 1.22.